The molecule has 6 heteroatoms. The first-order chi connectivity index (χ1) is 16.3. The van der Waals surface area contributed by atoms with Gasteiger partial charge in [0.15, 0.2) is 5.69 Å². The lowest BCUT2D eigenvalue weighted by molar-refractivity contribution is 0.174. The molecule has 0 radical (unpaired) electrons. The molecule has 1 N–H and O–H groups in total. The number of amides is 2. The maximum Gasteiger partial charge on any atom is 0.444 e. The summed E-state index contributed by atoms with van der Waals surface area (Å²) in [5, 5.41) is 0. The number of rotatable bonds is 8. The van der Waals surface area contributed by atoms with Crippen molar-refractivity contribution in [1.29, 1.82) is 0 Å². The molecule has 178 valence electrons. The molecule has 0 bridgehead atoms. The average Bonchev–Trinajstić information content (AvgIpc) is 3.18. The van der Waals surface area contributed by atoms with Gasteiger partial charge in [-0.15, -0.1) is 10.0 Å². The van der Waals surface area contributed by atoms with Gasteiger partial charge in [0.2, 0.25) is 0 Å². The van der Waals surface area contributed by atoms with Crippen LogP contribution in [-0.2, 0) is 18.4 Å². The van der Waals surface area contributed by atoms with Crippen LogP contribution in [0.4, 0.5) is 10.5 Å². The monoisotopic (exact) mass is 459 g/mol. The lowest BCUT2D eigenvalue weighted by Crippen LogP contribution is -2.61. The molecule has 4 rings (SSSR count). The summed E-state index contributed by atoms with van der Waals surface area (Å²) in [5.74, 6) is 0.843. The second kappa shape index (κ2) is 9.95. The minimum atomic E-state index is 0.0627. The standard InChI is InChI=1S/C28H35N4O2/c1-28(2,3)24-7-9-25(10-8-24)32(30-21-23-13-16-29-17-14-23)20-19-31(27(32)33)18-15-22-5-11-26(34-4)12-6-22/h5-14,16-17,30H,15,18-21H2,1-4H3/q+1. The normalized spacial score (nSPS) is 18.4. The highest BCUT2D eigenvalue weighted by Gasteiger charge is 2.49. The smallest absolute Gasteiger partial charge is 0.444 e. The number of nitrogens with one attached hydrogen (secondary N) is 1. The molecule has 1 aliphatic rings. The van der Waals surface area contributed by atoms with E-state index in [1.165, 1.54) is 11.1 Å². The number of benzene rings is 2. The van der Waals surface area contributed by atoms with Crippen LogP contribution in [0.2, 0.25) is 0 Å². The number of hydrogen-bond acceptors (Lipinski definition) is 4. The molecule has 6 nitrogen and oxygen atoms in total. The van der Waals surface area contributed by atoms with Crippen LogP contribution in [0.15, 0.2) is 73.1 Å². The van der Waals surface area contributed by atoms with Gasteiger partial charge in [0, 0.05) is 31.1 Å². The first-order valence-corrected chi connectivity index (χ1v) is 11.9. The van der Waals surface area contributed by atoms with E-state index in [1.54, 1.807) is 19.5 Å². The van der Waals surface area contributed by atoms with E-state index in [-0.39, 0.29) is 16.0 Å². The van der Waals surface area contributed by atoms with Crippen molar-refractivity contribution in [1.82, 2.24) is 19.9 Å². The van der Waals surface area contributed by atoms with E-state index < -0.39 is 0 Å². The van der Waals surface area contributed by atoms with Gasteiger partial charge in [-0.3, -0.25) is 9.88 Å². The highest BCUT2D eigenvalue weighted by molar-refractivity contribution is 5.88. The minimum Gasteiger partial charge on any atom is -0.497 e. The Morgan fingerprint density at radius 3 is 2.26 bits per heavy atom. The van der Waals surface area contributed by atoms with E-state index in [2.05, 4.69) is 67.6 Å². The minimum absolute atomic E-state index is 0.0627. The zero-order valence-corrected chi connectivity index (χ0v) is 20.6. The lowest BCUT2D eigenvalue weighted by Gasteiger charge is -2.31. The molecule has 1 saturated heterocycles. The van der Waals surface area contributed by atoms with Crippen molar-refractivity contribution in [3.8, 4) is 5.75 Å². The second-order valence-corrected chi connectivity index (χ2v) is 9.89. The molecule has 0 aliphatic carbocycles. The van der Waals surface area contributed by atoms with Crippen molar-refractivity contribution in [2.24, 2.45) is 0 Å². The Kier molecular flexibility index (Phi) is 7.00. The zero-order valence-electron chi connectivity index (χ0n) is 20.6. The fourth-order valence-corrected chi connectivity index (χ4v) is 4.39. The highest BCUT2D eigenvalue weighted by atomic mass is 16.5. The van der Waals surface area contributed by atoms with Crippen LogP contribution < -0.4 is 14.8 Å². The Morgan fingerprint density at radius 2 is 1.65 bits per heavy atom. The number of aromatic nitrogens is 1. The van der Waals surface area contributed by atoms with Gasteiger partial charge in [-0.25, -0.2) is 4.79 Å². The number of pyridine rings is 1. The SMILES string of the molecule is COc1ccc(CCN2CC[N+](NCc3ccncc3)(c3ccc(C(C)(C)C)cc3)C2=O)cc1. The third kappa shape index (κ3) is 5.13. The molecule has 0 saturated carbocycles. The van der Waals surface area contributed by atoms with Gasteiger partial charge in [-0.2, -0.15) is 0 Å². The number of ether oxygens (including phenoxy) is 1. The number of carbonyl (C=O) groups excluding carboxylic acids is 1. The molecule has 3 aromatic rings. The summed E-state index contributed by atoms with van der Waals surface area (Å²) in [5.41, 5.74) is 8.16. The molecule has 0 spiro atoms. The largest absolute Gasteiger partial charge is 0.497 e. The number of urea groups is 1. The number of hydrogen-bond donors (Lipinski definition) is 1. The first kappa shape index (κ1) is 23.9. The van der Waals surface area contributed by atoms with E-state index in [1.807, 2.05) is 29.2 Å². The van der Waals surface area contributed by atoms with Crippen molar-refractivity contribution < 1.29 is 9.53 Å². The molecule has 2 amide bonds. The number of quaternary nitrogens is 1. The van der Waals surface area contributed by atoms with Gasteiger partial charge >= 0.3 is 6.03 Å². The molecule has 1 fully saturated rings. The Balaban J connectivity index is 1.55. The summed E-state index contributed by atoms with van der Waals surface area (Å²) in [6, 6.07) is 20.6. The quantitative estimate of drug-likeness (QED) is 0.478. The van der Waals surface area contributed by atoms with Gasteiger partial charge in [0.1, 0.15) is 12.3 Å². The van der Waals surface area contributed by atoms with Crippen LogP contribution in [0.5, 0.6) is 5.75 Å². The Hall–Kier alpha value is -3.22. The van der Waals surface area contributed by atoms with Crippen LogP contribution in [0.1, 0.15) is 37.5 Å². The molecule has 1 unspecified atom stereocenters. The molecule has 1 aromatic heterocycles. The van der Waals surface area contributed by atoms with Gasteiger partial charge in [-0.05, 0) is 52.8 Å². The topological polar surface area (TPSA) is 54.5 Å². The molecule has 1 atom stereocenters. The number of methoxy groups -OCH3 is 1. The fraction of sp³-hybridized carbons (Fsp3) is 0.357. The van der Waals surface area contributed by atoms with Gasteiger partial charge in [0.05, 0.1) is 20.2 Å². The van der Waals surface area contributed by atoms with Crippen molar-refractivity contribution >= 4 is 11.7 Å². The zero-order chi connectivity index (χ0) is 24.2. The Labute approximate surface area is 202 Å². The first-order valence-electron chi connectivity index (χ1n) is 11.9. The molecule has 2 aromatic carbocycles. The Morgan fingerprint density at radius 1 is 0.971 bits per heavy atom. The van der Waals surface area contributed by atoms with E-state index in [0.717, 1.165) is 23.4 Å². The molecule has 34 heavy (non-hydrogen) atoms. The van der Waals surface area contributed by atoms with Gasteiger partial charge in [-0.1, -0.05) is 45.0 Å². The molecular formula is C28H35N4O2+. The van der Waals surface area contributed by atoms with Crippen LogP contribution in [0.25, 0.3) is 0 Å². The lowest BCUT2D eigenvalue weighted by atomic mass is 9.87. The molecule has 2 heterocycles. The molecule has 1 aliphatic heterocycles. The van der Waals surface area contributed by atoms with E-state index in [4.69, 9.17) is 4.74 Å². The van der Waals surface area contributed by atoms with Crippen LogP contribution in [0.3, 0.4) is 0 Å². The third-order valence-electron chi connectivity index (χ3n) is 6.61. The average molecular weight is 460 g/mol. The maximum absolute atomic E-state index is 13.9. The predicted octanol–water partition coefficient (Wildman–Crippen LogP) is 5.08. The summed E-state index contributed by atoms with van der Waals surface area (Å²) in [6.07, 6.45) is 4.38. The van der Waals surface area contributed by atoms with Gasteiger partial charge in [0.25, 0.3) is 0 Å². The maximum atomic E-state index is 13.9. The van der Waals surface area contributed by atoms with Crippen molar-refractivity contribution in [3.63, 3.8) is 0 Å². The fourth-order valence-electron chi connectivity index (χ4n) is 4.39. The van der Waals surface area contributed by atoms with Crippen LogP contribution >= 0.6 is 0 Å². The highest BCUT2D eigenvalue weighted by Crippen LogP contribution is 2.31. The third-order valence-corrected chi connectivity index (χ3v) is 6.61. The summed E-state index contributed by atoms with van der Waals surface area (Å²) < 4.78 is 5.37. The van der Waals surface area contributed by atoms with Crippen LogP contribution in [-0.4, -0.2) is 42.7 Å². The number of nitrogens with zero attached hydrogens (tertiary/aromatic N) is 3. The van der Waals surface area contributed by atoms with Crippen LogP contribution in [0, 0.1) is 0 Å². The van der Waals surface area contributed by atoms with E-state index >= 15 is 0 Å². The Bertz CT molecular complexity index is 1090. The van der Waals surface area contributed by atoms with E-state index in [0.29, 0.717) is 26.2 Å². The van der Waals surface area contributed by atoms with Crippen molar-refractivity contribution in [3.05, 3.63) is 89.7 Å². The van der Waals surface area contributed by atoms with E-state index in [9.17, 15) is 4.79 Å². The van der Waals surface area contributed by atoms with Gasteiger partial charge < -0.3 is 4.74 Å². The van der Waals surface area contributed by atoms with Crippen molar-refractivity contribution in [2.45, 2.75) is 39.2 Å². The molecular weight excluding hydrogens is 424 g/mol. The number of carbonyl (C=O) groups is 1. The summed E-state index contributed by atoms with van der Waals surface area (Å²) in [7, 11) is 1.67. The second-order valence-electron chi connectivity index (χ2n) is 9.89. The van der Waals surface area contributed by atoms with Crippen molar-refractivity contribution in [2.75, 3.05) is 26.7 Å². The summed E-state index contributed by atoms with van der Waals surface area (Å²) in [4.78, 5) is 19.9. The summed E-state index contributed by atoms with van der Waals surface area (Å²) in [6.45, 7) is 9.27. The predicted molar refractivity (Wildman–Crippen MR) is 137 cm³/mol. The summed E-state index contributed by atoms with van der Waals surface area (Å²) >= 11 is 0.